The van der Waals surface area contributed by atoms with Crippen molar-refractivity contribution in [1.82, 2.24) is 4.31 Å². The van der Waals surface area contributed by atoms with Gasteiger partial charge in [0.25, 0.3) is 0 Å². The van der Waals surface area contributed by atoms with Gasteiger partial charge in [0.1, 0.15) is 11.8 Å². The number of aryl methyl sites for hydroxylation is 1. The van der Waals surface area contributed by atoms with Gasteiger partial charge in [-0.05, 0) is 47.9 Å². The Bertz CT molecular complexity index is 1310. The number of aliphatic carboxylic acids is 1. The van der Waals surface area contributed by atoms with Crippen LogP contribution in [-0.2, 0) is 32.6 Å². The Morgan fingerprint density at radius 1 is 0.971 bits per heavy atom. The predicted molar refractivity (Wildman–Crippen MR) is 131 cm³/mol. The largest absolute Gasteiger partial charge is 0.497 e. The molecule has 4 rings (SSSR count). The molecular formula is C26H26N2O6S. The van der Waals surface area contributed by atoms with Gasteiger partial charge in [0.05, 0.1) is 18.6 Å². The summed E-state index contributed by atoms with van der Waals surface area (Å²) in [6.07, 6.45) is 0.653. The van der Waals surface area contributed by atoms with Gasteiger partial charge in [0, 0.05) is 18.7 Å². The molecule has 1 amide bonds. The maximum absolute atomic E-state index is 13.6. The number of sulfonamides is 1. The number of methoxy groups -OCH3 is 1. The van der Waals surface area contributed by atoms with Crippen molar-refractivity contribution in [2.45, 2.75) is 30.3 Å². The lowest BCUT2D eigenvalue weighted by Crippen LogP contribution is -2.50. The molecule has 1 atom stereocenters. The van der Waals surface area contributed by atoms with Gasteiger partial charge in [-0.1, -0.05) is 48.5 Å². The van der Waals surface area contributed by atoms with Crippen LogP contribution in [0.3, 0.4) is 0 Å². The van der Waals surface area contributed by atoms with E-state index in [2.05, 4.69) is 0 Å². The molecule has 0 fully saturated rings. The molecular weight excluding hydrogens is 468 g/mol. The van der Waals surface area contributed by atoms with E-state index in [1.165, 1.54) is 36.3 Å². The number of fused-ring (bicyclic) bond motifs is 1. The van der Waals surface area contributed by atoms with Gasteiger partial charge in [-0.15, -0.1) is 0 Å². The van der Waals surface area contributed by atoms with E-state index >= 15 is 0 Å². The fourth-order valence-electron chi connectivity index (χ4n) is 4.15. The van der Waals surface area contributed by atoms with Crippen LogP contribution >= 0.6 is 0 Å². The minimum absolute atomic E-state index is 0.0501. The molecule has 8 nitrogen and oxygen atoms in total. The first-order valence-corrected chi connectivity index (χ1v) is 12.6. The van der Waals surface area contributed by atoms with Crippen LogP contribution in [0.4, 0.5) is 5.69 Å². The van der Waals surface area contributed by atoms with Crippen LogP contribution in [0, 0.1) is 0 Å². The molecule has 182 valence electrons. The zero-order chi connectivity index (χ0) is 25.0. The van der Waals surface area contributed by atoms with E-state index in [1.54, 1.807) is 24.3 Å². The van der Waals surface area contributed by atoms with Crippen LogP contribution < -0.4 is 9.64 Å². The minimum atomic E-state index is -4.19. The smallest absolute Gasteiger partial charge is 0.323 e. The second-order valence-electron chi connectivity index (χ2n) is 8.20. The topological polar surface area (TPSA) is 104 Å². The Kier molecular flexibility index (Phi) is 7.18. The first-order chi connectivity index (χ1) is 16.8. The van der Waals surface area contributed by atoms with E-state index in [0.29, 0.717) is 23.4 Å². The average Bonchev–Trinajstić information content (AvgIpc) is 3.06. The summed E-state index contributed by atoms with van der Waals surface area (Å²) in [6.45, 7) is -0.473. The maximum Gasteiger partial charge on any atom is 0.323 e. The standard InChI is InChI=1S/C26H26N2O6S/c1-34-21-12-14-22(15-13-21)35(32,33)28-17-20-9-5-6-10-23(20)27(18-24(28)26(30)31)25(29)16-11-19-7-3-2-4-8-19/h2-10,12-15,24H,11,16-18H2,1H3,(H,30,31). The van der Waals surface area contributed by atoms with Crippen LogP contribution in [0.15, 0.2) is 83.8 Å². The average molecular weight is 495 g/mol. The molecule has 0 saturated carbocycles. The highest BCUT2D eigenvalue weighted by molar-refractivity contribution is 7.89. The number of carboxylic acids is 1. The molecule has 0 bridgehead atoms. The Labute approximate surface area is 204 Å². The van der Waals surface area contributed by atoms with Crippen molar-refractivity contribution in [3.8, 4) is 5.75 Å². The number of hydrogen-bond donors (Lipinski definition) is 1. The summed E-state index contributed by atoms with van der Waals surface area (Å²) in [5.41, 5.74) is 2.06. The van der Waals surface area contributed by atoms with Crippen LogP contribution in [0.1, 0.15) is 17.5 Å². The third kappa shape index (κ3) is 5.21. The van der Waals surface area contributed by atoms with E-state index in [4.69, 9.17) is 4.74 Å². The maximum atomic E-state index is 13.6. The lowest BCUT2D eigenvalue weighted by atomic mass is 10.1. The van der Waals surface area contributed by atoms with Crippen molar-refractivity contribution in [1.29, 1.82) is 0 Å². The van der Waals surface area contributed by atoms with Crippen molar-refractivity contribution in [3.05, 3.63) is 90.0 Å². The van der Waals surface area contributed by atoms with Gasteiger partial charge < -0.3 is 14.7 Å². The Morgan fingerprint density at radius 2 is 1.63 bits per heavy atom. The van der Waals surface area contributed by atoms with Crippen LogP contribution in [0.2, 0.25) is 0 Å². The van der Waals surface area contributed by atoms with Crippen LogP contribution in [-0.4, -0.2) is 49.4 Å². The Hall–Kier alpha value is -3.69. The number of nitrogens with zero attached hydrogens (tertiary/aromatic N) is 2. The van der Waals surface area contributed by atoms with E-state index in [-0.39, 0.29) is 30.3 Å². The number of amides is 1. The number of carbonyl (C=O) groups is 2. The summed E-state index contributed by atoms with van der Waals surface area (Å²) in [4.78, 5) is 27.0. The highest BCUT2D eigenvalue weighted by Crippen LogP contribution is 2.32. The predicted octanol–water partition coefficient (Wildman–Crippen LogP) is 3.32. The molecule has 0 spiro atoms. The monoisotopic (exact) mass is 494 g/mol. The summed E-state index contributed by atoms with van der Waals surface area (Å²) in [6, 6.07) is 20.8. The Balaban J connectivity index is 1.69. The third-order valence-electron chi connectivity index (χ3n) is 6.03. The first kappa shape index (κ1) is 24.4. The molecule has 0 aliphatic carbocycles. The second-order valence-corrected chi connectivity index (χ2v) is 10.1. The number of ether oxygens (including phenoxy) is 1. The van der Waals surface area contributed by atoms with Crippen molar-refractivity contribution < 1.29 is 27.9 Å². The number of carbonyl (C=O) groups excluding carboxylic acids is 1. The molecule has 1 N–H and O–H groups in total. The van der Waals surface area contributed by atoms with Crippen molar-refractivity contribution in [3.63, 3.8) is 0 Å². The lowest BCUT2D eigenvalue weighted by Gasteiger charge is -2.28. The molecule has 0 saturated heterocycles. The normalized spacial score (nSPS) is 16.3. The SMILES string of the molecule is COc1ccc(S(=O)(=O)N2Cc3ccccc3N(C(=O)CCc3ccccc3)CC2C(=O)O)cc1. The van der Waals surface area contributed by atoms with E-state index < -0.39 is 22.0 Å². The molecule has 1 aliphatic heterocycles. The van der Waals surface area contributed by atoms with Gasteiger partial charge in [-0.25, -0.2) is 8.42 Å². The second kappa shape index (κ2) is 10.3. The fourth-order valence-corrected chi connectivity index (χ4v) is 5.70. The summed E-state index contributed by atoms with van der Waals surface area (Å²) in [5.74, 6) is -1.11. The zero-order valence-electron chi connectivity index (χ0n) is 19.2. The van der Waals surface area contributed by atoms with Crippen molar-refractivity contribution >= 4 is 27.6 Å². The lowest BCUT2D eigenvalue weighted by molar-refractivity contribution is -0.141. The van der Waals surface area contributed by atoms with Gasteiger partial charge >= 0.3 is 5.97 Å². The summed E-state index contributed by atoms with van der Waals surface area (Å²) in [7, 11) is -2.72. The molecule has 0 radical (unpaired) electrons. The molecule has 0 aromatic heterocycles. The van der Waals surface area contributed by atoms with Crippen molar-refractivity contribution in [2.75, 3.05) is 18.6 Å². The summed E-state index contributed by atoms with van der Waals surface area (Å²) in [5, 5.41) is 10.0. The number of anilines is 1. The first-order valence-electron chi connectivity index (χ1n) is 11.1. The van der Waals surface area contributed by atoms with Gasteiger partial charge in [-0.2, -0.15) is 4.31 Å². The third-order valence-corrected chi connectivity index (χ3v) is 7.90. The number of benzene rings is 3. The number of para-hydroxylation sites is 1. The minimum Gasteiger partial charge on any atom is -0.497 e. The zero-order valence-corrected chi connectivity index (χ0v) is 20.0. The number of carboxylic acid groups (broad SMARTS) is 1. The van der Waals surface area contributed by atoms with Gasteiger partial charge in [0.15, 0.2) is 0 Å². The quantitative estimate of drug-likeness (QED) is 0.540. The van der Waals surface area contributed by atoms with Crippen LogP contribution in [0.5, 0.6) is 5.75 Å². The fraction of sp³-hybridized carbons (Fsp3) is 0.231. The number of hydrogen-bond acceptors (Lipinski definition) is 5. The van der Waals surface area contributed by atoms with Crippen LogP contribution in [0.25, 0.3) is 0 Å². The molecule has 3 aromatic rings. The summed E-state index contributed by atoms with van der Waals surface area (Å²) < 4.78 is 33.2. The highest BCUT2D eigenvalue weighted by Gasteiger charge is 2.41. The van der Waals surface area contributed by atoms with Gasteiger partial charge in [0.2, 0.25) is 15.9 Å². The number of rotatable bonds is 7. The van der Waals surface area contributed by atoms with E-state index in [0.717, 1.165) is 9.87 Å². The molecule has 1 aliphatic rings. The van der Waals surface area contributed by atoms with E-state index in [9.17, 15) is 23.1 Å². The Morgan fingerprint density at radius 3 is 2.29 bits per heavy atom. The molecule has 1 unspecified atom stereocenters. The highest BCUT2D eigenvalue weighted by atomic mass is 32.2. The van der Waals surface area contributed by atoms with Crippen molar-refractivity contribution in [2.24, 2.45) is 0 Å². The molecule has 9 heteroatoms. The molecule has 3 aromatic carbocycles. The van der Waals surface area contributed by atoms with E-state index in [1.807, 2.05) is 30.3 Å². The molecule has 1 heterocycles. The molecule has 35 heavy (non-hydrogen) atoms. The van der Waals surface area contributed by atoms with Gasteiger partial charge in [-0.3, -0.25) is 9.59 Å². The summed E-state index contributed by atoms with van der Waals surface area (Å²) >= 11 is 0.